The zero-order valence-electron chi connectivity index (χ0n) is 10.2. The zero-order chi connectivity index (χ0) is 12.3. The van der Waals surface area contributed by atoms with Gasteiger partial charge in [-0.3, -0.25) is 9.69 Å². The van der Waals surface area contributed by atoms with Crippen molar-refractivity contribution in [1.29, 1.82) is 0 Å². The molecule has 0 aromatic carbocycles. The van der Waals surface area contributed by atoms with Crippen LogP contribution in [0.5, 0.6) is 0 Å². The minimum Gasteiger partial charge on any atom is -0.373 e. The standard InChI is InChI=1S/C12H18N4O/c1-9-12(17)15-5-6-16(9)8-10-3-4-14-11(7-10)13-2/h3-4,7,9H,5-6,8H2,1-2H3,(H,13,14)(H,15,17). The second kappa shape index (κ2) is 5.14. The van der Waals surface area contributed by atoms with E-state index in [1.54, 1.807) is 6.20 Å². The maximum Gasteiger partial charge on any atom is 0.237 e. The highest BCUT2D eigenvalue weighted by atomic mass is 16.2. The highest BCUT2D eigenvalue weighted by Crippen LogP contribution is 2.12. The number of pyridine rings is 1. The van der Waals surface area contributed by atoms with E-state index < -0.39 is 0 Å². The third-order valence-electron chi connectivity index (χ3n) is 3.09. The van der Waals surface area contributed by atoms with E-state index in [0.717, 1.165) is 25.5 Å². The van der Waals surface area contributed by atoms with Crippen LogP contribution < -0.4 is 10.6 Å². The largest absolute Gasteiger partial charge is 0.373 e. The molecular weight excluding hydrogens is 216 g/mol. The Morgan fingerprint density at radius 2 is 2.47 bits per heavy atom. The number of nitrogens with one attached hydrogen (secondary N) is 2. The van der Waals surface area contributed by atoms with Gasteiger partial charge in [0.05, 0.1) is 6.04 Å². The minimum atomic E-state index is -0.0602. The Morgan fingerprint density at radius 3 is 3.24 bits per heavy atom. The molecule has 17 heavy (non-hydrogen) atoms. The van der Waals surface area contributed by atoms with Crippen LogP contribution in [-0.4, -0.2) is 42.0 Å². The molecule has 1 atom stereocenters. The van der Waals surface area contributed by atoms with Crippen LogP contribution in [0.3, 0.4) is 0 Å². The Morgan fingerprint density at radius 1 is 1.65 bits per heavy atom. The van der Waals surface area contributed by atoms with Gasteiger partial charge < -0.3 is 10.6 Å². The average Bonchev–Trinajstić information content (AvgIpc) is 2.35. The first kappa shape index (κ1) is 11.9. The van der Waals surface area contributed by atoms with Crippen LogP contribution in [0.4, 0.5) is 5.82 Å². The number of rotatable bonds is 3. The second-order valence-electron chi connectivity index (χ2n) is 4.24. The van der Waals surface area contributed by atoms with Crippen molar-refractivity contribution < 1.29 is 4.79 Å². The molecule has 2 N–H and O–H groups in total. The molecule has 5 heteroatoms. The van der Waals surface area contributed by atoms with Gasteiger partial charge in [-0.05, 0) is 24.6 Å². The number of carbonyl (C=O) groups is 1. The average molecular weight is 234 g/mol. The van der Waals surface area contributed by atoms with Gasteiger partial charge in [0.1, 0.15) is 5.82 Å². The Hall–Kier alpha value is -1.62. The van der Waals surface area contributed by atoms with Crippen molar-refractivity contribution in [1.82, 2.24) is 15.2 Å². The van der Waals surface area contributed by atoms with Gasteiger partial charge in [-0.15, -0.1) is 0 Å². The molecule has 1 fully saturated rings. The van der Waals surface area contributed by atoms with E-state index in [1.165, 1.54) is 5.56 Å². The molecule has 1 aromatic heterocycles. The smallest absolute Gasteiger partial charge is 0.237 e. The molecule has 1 unspecified atom stereocenters. The molecular formula is C12H18N4O. The summed E-state index contributed by atoms with van der Waals surface area (Å²) in [6.45, 7) is 4.34. The molecule has 1 aliphatic heterocycles. The summed E-state index contributed by atoms with van der Waals surface area (Å²) in [5.74, 6) is 0.968. The minimum absolute atomic E-state index is 0.0602. The van der Waals surface area contributed by atoms with E-state index in [2.05, 4.69) is 20.5 Å². The van der Waals surface area contributed by atoms with Crippen LogP contribution in [0.25, 0.3) is 0 Å². The number of aromatic nitrogens is 1. The topological polar surface area (TPSA) is 57.3 Å². The van der Waals surface area contributed by atoms with E-state index in [-0.39, 0.29) is 11.9 Å². The van der Waals surface area contributed by atoms with Crippen LogP contribution in [-0.2, 0) is 11.3 Å². The maximum atomic E-state index is 11.5. The van der Waals surface area contributed by atoms with Gasteiger partial charge in [0.25, 0.3) is 0 Å². The van der Waals surface area contributed by atoms with Gasteiger partial charge in [-0.25, -0.2) is 4.98 Å². The summed E-state index contributed by atoms with van der Waals surface area (Å²) in [5.41, 5.74) is 1.17. The van der Waals surface area contributed by atoms with Gasteiger partial charge in [-0.1, -0.05) is 0 Å². The molecule has 1 saturated heterocycles. The number of hydrogen-bond donors (Lipinski definition) is 2. The fraction of sp³-hybridized carbons (Fsp3) is 0.500. The van der Waals surface area contributed by atoms with Gasteiger partial charge >= 0.3 is 0 Å². The van der Waals surface area contributed by atoms with E-state index in [9.17, 15) is 4.79 Å². The van der Waals surface area contributed by atoms with Gasteiger partial charge in [0.15, 0.2) is 0 Å². The molecule has 2 rings (SSSR count). The summed E-state index contributed by atoms with van der Waals surface area (Å²) >= 11 is 0. The van der Waals surface area contributed by atoms with Crippen LogP contribution >= 0.6 is 0 Å². The summed E-state index contributed by atoms with van der Waals surface area (Å²) in [6, 6.07) is 3.94. The lowest BCUT2D eigenvalue weighted by Gasteiger charge is -2.32. The molecule has 1 aromatic rings. The SMILES string of the molecule is CNc1cc(CN2CCNC(=O)C2C)ccn1. The Bertz CT molecular complexity index is 407. The third-order valence-corrected chi connectivity index (χ3v) is 3.09. The summed E-state index contributed by atoms with van der Waals surface area (Å²) in [7, 11) is 1.85. The predicted molar refractivity (Wildman–Crippen MR) is 66.7 cm³/mol. The van der Waals surface area contributed by atoms with Gasteiger partial charge in [0.2, 0.25) is 5.91 Å². The van der Waals surface area contributed by atoms with Gasteiger partial charge in [-0.2, -0.15) is 0 Å². The van der Waals surface area contributed by atoms with E-state index in [0.29, 0.717) is 0 Å². The van der Waals surface area contributed by atoms with Crippen molar-refractivity contribution in [3.8, 4) is 0 Å². The van der Waals surface area contributed by atoms with Crippen molar-refractivity contribution in [3.63, 3.8) is 0 Å². The number of anilines is 1. The molecule has 0 bridgehead atoms. The predicted octanol–water partition coefficient (Wildman–Crippen LogP) is 0.444. The number of nitrogens with zero attached hydrogens (tertiary/aromatic N) is 2. The summed E-state index contributed by atoms with van der Waals surface area (Å²) in [6.07, 6.45) is 1.79. The molecule has 0 aliphatic carbocycles. The maximum absolute atomic E-state index is 11.5. The molecule has 2 heterocycles. The van der Waals surface area contributed by atoms with Crippen molar-refractivity contribution >= 4 is 11.7 Å². The van der Waals surface area contributed by atoms with E-state index >= 15 is 0 Å². The summed E-state index contributed by atoms with van der Waals surface area (Å²) < 4.78 is 0. The highest BCUT2D eigenvalue weighted by molar-refractivity contribution is 5.81. The molecule has 0 saturated carbocycles. The molecule has 0 radical (unpaired) electrons. The quantitative estimate of drug-likeness (QED) is 0.797. The fourth-order valence-electron chi connectivity index (χ4n) is 1.99. The molecule has 5 nitrogen and oxygen atoms in total. The zero-order valence-corrected chi connectivity index (χ0v) is 10.2. The van der Waals surface area contributed by atoms with Crippen molar-refractivity contribution in [3.05, 3.63) is 23.9 Å². The van der Waals surface area contributed by atoms with Crippen LogP contribution in [0.15, 0.2) is 18.3 Å². The highest BCUT2D eigenvalue weighted by Gasteiger charge is 2.25. The monoisotopic (exact) mass is 234 g/mol. The molecule has 0 spiro atoms. The lowest BCUT2D eigenvalue weighted by atomic mass is 10.1. The number of carbonyl (C=O) groups excluding carboxylic acids is 1. The lowest BCUT2D eigenvalue weighted by molar-refractivity contribution is -0.128. The Kier molecular flexibility index (Phi) is 3.58. The molecule has 1 amide bonds. The van der Waals surface area contributed by atoms with Crippen molar-refractivity contribution in [2.45, 2.75) is 19.5 Å². The number of amides is 1. The first-order valence-electron chi connectivity index (χ1n) is 5.85. The number of piperazine rings is 1. The molecule has 92 valence electrons. The number of hydrogen-bond acceptors (Lipinski definition) is 4. The van der Waals surface area contributed by atoms with E-state index in [1.807, 2.05) is 26.1 Å². The van der Waals surface area contributed by atoms with Gasteiger partial charge in [0, 0.05) is 32.9 Å². The summed E-state index contributed by atoms with van der Waals surface area (Å²) in [4.78, 5) is 17.9. The van der Waals surface area contributed by atoms with Crippen LogP contribution in [0.2, 0.25) is 0 Å². The Balaban J connectivity index is 2.06. The second-order valence-corrected chi connectivity index (χ2v) is 4.24. The lowest BCUT2D eigenvalue weighted by Crippen LogP contribution is -2.53. The Labute approximate surface area is 101 Å². The summed E-state index contributed by atoms with van der Waals surface area (Å²) in [5, 5.41) is 5.88. The first-order valence-corrected chi connectivity index (χ1v) is 5.85. The normalized spacial score (nSPS) is 21.1. The van der Waals surface area contributed by atoms with Crippen molar-refractivity contribution in [2.75, 3.05) is 25.5 Å². The van der Waals surface area contributed by atoms with Crippen LogP contribution in [0, 0.1) is 0 Å². The molecule has 1 aliphatic rings. The fourth-order valence-corrected chi connectivity index (χ4v) is 1.99. The first-order chi connectivity index (χ1) is 8.20. The van der Waals surface area contributed by atoms with E-state index in [4.69, 9.17) is 0 Å². The van der Waals surface area contributed by atoms with Crippen molar-refractivity contribution in [2.24, 2.45) is 0 Å². The van der Waals surface area contributed by atoms with Crippen LogP contribution in [0.1, 0.15) is 12.5 Å². The third kappa shape index (κ3) is 2.74.